The number of thiophene rings is 1. The predicted molar refractivity (Wildman–Crippen MR) is 79.0 cm³/mol. The van der Waals surface area contributed by atoms with Crippen molar-refractivity contribution in [3.8, 4) is 11.3 Å². The molecule has 0 aliphatic carbocycles. The Labute approximate surface area is 116 Å². The fraction of sp³-hybridized carbons (Fsp3) is 0.133. The highest BCUT2D eigenvalue weighted by molar-refractivity contribution is 7.08. The van der Waals surface area contributed by atoms with Gasteiger partial charge in [-0.25, -0.2) is 4.98 Å². The molecule has 0 saturated carbocycles. The van der Waals surface area contributed by atoms with Crippen molar-refractivity contribution in [1.82, 2.24) is 9.97 Å². The number of nitrogens with one attached hydrogen (secondary N) is 1. The number of aromatic nitrogens is 2. The average Bonchev–Trinajstić information content (AvgIpc) is 3.11. The molecule has 1 unspecified atom stereocenters. The molecule has 0 radical (unpaired) electrons. The molecule has 0 amide bonds. The monoisotopic (exact) mass is 269 g/mol. The summed E-state index contributed by atoms with van der Waals surface area (Å²) in [7, 11) is 0. The lowest BCUT2D eigenvalue weighted by atomic mass is 10.1. The highest BCUT2D eigenvalue weighted by Crippen LogP contribution is 2.22. The molecule has 2 aromatic heterocycles. The summed E-state index contributed by atoms with van der Waals surface area (Å²) in [5.74, 6) is 0.838. The normalized spacial score (nSPS) is 12.5. The molecule has 19 heavy (non-hydrogen) atoms. The van der Waals surface area contributed by atoms with E-state index in [1.54, 1.807) is 11.3 Å². The lowest BCUT2D eigenvalue weighted by Gasteiger charge is -2.08. The summed E-state index contributed by atoms with van der Waals surface area (Å²) >= 11 is 1.68. The maximum absolute atomic E-state index is 6.20. The van der Waals surface area contributed by atoms with E-state index in [1.807, 2.05) is 24.4 Å². The molecule has 0 spiro atoms. The van der Waals surface area contributed by atoms with Gasteiger partial charge in [-0.2, -0.15) is 11.3 Å². The van der Waals surface area contributed by atoms with Gasteiger partial charge in [-0.15, -0.1) is 0 Å². The summed E-state index contributed by atoms with van der Waals surface area (Å²) < 4.78 is 0. The van der Waals surface area contributed by atoms with Gasteiger partial charge in [0.1, 0.15) is 5.82 Å². The Balaban J connectivity index is 1.76. The van der Waals surface area contributed by atoms with Gasteiger partial charge in [-0.05, 0) is 23.4 Å². The molecule has 1 aromatic carbocycles. The van der Waals surface area contributed by atoms with Gasteiger partial charge in [0.2, 0.25) is 0 Å². The summed E-state index contributed by atoms with van der Waals surface area (Å²) in [5.41, 5.74) is 9.62. The van der Waals surface area contributed by atoms with Crippen molar-refractivity contribution in [1.29, 1.82) is 0 Å². The van der Waals surface area contributed by atoms with Crippen LogP contribution in [0.1, 0.15) is 17.4 Å². The van der Waals surface area contributed by atoms with Crippen LogP contribution in [0.2, 0.25) is 0 Å². The Morgan fingerprint density at radius 2 is 2.05 bits per heavy atom. The second kappa shape index (κ2) is 5.38. The van der Waals surface area contributed by atoms with Crippen molar-refractivity contribution >= 4 is 11.3 Å². The molecule has 2 heterocycles. The van der Waals surface area contributed by atoms with Gasteiger partial charge in [0.15, 0.2) is 0 Å². The van der Waals surface area contributed by atoms with Crippen LogP contribution in [0.15, 0.2) is 53.4 Å². The molecule has 0 saturated heterocycles. The number of aromatic amines is 1. The molecule has 3 aromatic rings. The highest BCUT2D eigenvalue weighted by atomic mass is 32.1. The minimum atomic E-state index is -0.102. The zero-order valence-corrected chi connectivity index (χ0v) is 11.2. The number of imidazole rings is 1. The quantitative estimate of drug-likeness (QED) is 0.763. The lowest BCUT2D eigenvalue weighted by Crippen LogP contribution is -2.14. The molecule has 1 atom stereocenters. The van der Waals surface area contributed by atoms with Crippen LogP contribution in [0.3, 0.4) is 0 Å². The summed E-state index contributed by atoms with van der Waals surface area (Å²) in [6, 6.07) is 12.2. The zero-order chi connectivity index (χ0) is 13.1. The third-order valence-electron chi connectivity index (χ3n) is 3.08. The molecule has 4 heteroatoms. The molecule has 3 nitrogen and oxygen atoms in total. The van der Waals surface area contributed by atoms with Gasteiger partial charge in [-0.3, -0.25) is 0 Å². The standard InChI is InChI=1S/C15H15N3S/c16-13(8-11-4-2-1-3-5-11)15-17-9-14(18-15)12-6-7-19-10-12/h1-7,9-10,13H,8,16H2,(H,17,18). The van der Waals surface area contributed by atoms with E-state index in [0.717, 1.165) is 23.5 Å². The van der Waals surface area contributed by atoms with E-state index in [1.165, 1.54) is 5.56 Å². The molecule has 3 rings (SSSR count). The van der Waals surface area contributed by atoms with Gasteiger partial charge in [0, 0.05) is 10.9 Å². The summed E-state index contributed by atoms with van der Waals surface area (Å²) in [4.78, 5) is 7.70. The summed E-state index contributed by atoms with van der Waals surface area (Å²) in [5, 5.41) is 4.15. The van der Waals surface area contributed by atoms with Crippen LogP contribution in [-0.4, -0.2) is 9.97 Å². The molecular weight excluding hydrogens is 254 g/mol. The van der Waals surface area contributed by atoms with Gasteiger partial charge < -0.3 is 10.7 Å². The van der Waals surface area contributed by atoms with Gasteiger partial charge in [0.25, 0.3) is 0 Å². The first-order chi connectivity index (χ1) is 9.33. The van der Waals surface area contributed by atoms with Crippen molar-refractivity contribution in [2.75, 3.05) is 0 Å². The number of hydrogen-bond acceptors (Lipinski definition) is 3. The van der Waals surface area contributed by atoms with E-state index in [0.29, 0.717) is 0 Å². The van der Waals surface area contributed by atoms with E-state index in [2.05, 4.69) is 38.9 Å². The van der Waals surface area contributed by atoms with E-state index in [-0.39, 0.29) is 6.04 Å². The molecule has 0 aliphatic heterocycles. The molecular formula is C15H15N3S. The van der Waals surface area contributed by atoms with Crippen molar-refractivity contribution in [2.24, 2.45) is 5.73 Å². The average molecular weight is 269 g/mol. The van der Waals surface area contributed by atoms with Gasteiger partial charge in [-0.1, -0.05) is 30.3 Å². The number of hydrogen-bond donors (Lipinski definition) is 2. The summed E-state index contributed by atoms with van der Waals surface area (Å²) in [6.07, 6.45) is 2.64. The van der Waals surface area contributed by atoms with Crippen molar-refractivity contribution < 1.29 is 0 Å². The van der Waals surface area contributed by atoms with Crippen LogP contribution >= 0.6 is 11.3 Å². The van der Waals surface area contributed by atoms with Crippen LogP contribution in [0, 0.1) is 0 Å². The van der Waals surface area contributed by atoms with Gasteiger partial charge in [0.05, 0.1) is 17.9 Å². The first-order valence-electron chi connectivity index (χ1n) is 6.20. The highest BCUT2D eigenvalue weighted by Gasteiger charge is 2.11. The Morgan fingerprint density at radius 1 is 1.21 bits per heavy atom. The minimum absolute atomic E-state index is 0.102. The van der Waals surface area contributed by atoms with Crippen LogP contribution in [0.25, 0.3) is 11.3 Å². The Bertz CT molecular complexity index is 628. The molecule has 0 aliphatic rings. The van der Waals surface area contributed by atoms with Crippen LogP contribution < -0.4 is 5.73 Å². The smallest absolute Gasteiger partial charge is 0.123 e. The second-order valence-corrected chi connectivity index (χ2v) is 5.27. The minimum Gasteiger partial charge on any atom is -0.341 e. The largest absolute Gasteiger partial charge is 0.341 e. The molecule has 96 valence electrons. The first kappa shape index (κ1) is 12.1. The maximum atomic E-state index is 6.20. The predicted octanol–water partition coefficient (Wildman–Crippen LogP) is 3.38. The number of rotatable bonds is 4. The fourth-order valence-corrected chi connectivity index (χ4v) is 2.71. The number of benzene rings is 1. The van der Waals surface area contributed by atoms with E-state index in [9.17, 15) is 0 Å². The Hall–Kier alpha value is -1.91. The van der Waals surface area contributed by atoms with Gasteiger partial charge >= 0.3 is 0 Å². The Kier molecular flexibility index (Phi) is 3.44. The third-order valence-corrected chi connectivity index (χ3v) is 3.76. The number of nitrogens with zero attached hydrogens (tertiary/aromatic N) is 1. The topological polar surface area (TPSA) is 54.7 Å². The Morgan fingerprint density at radius 3 is 2.79 bits per heavy atom. The summed E-state index contributed by atoms with van der Waals surface area (Å²) in [6.45, 7) is 0. The molecule has 0 fully saturated rings. The molecule has 3 N–H and O–H groups in total. The van der Waals surface area contributed by atoms with Crippen LogP contribution in [-0.2, 0) is 6.42 Å². The van der Waals surface area contributed by atoms with Crippen molar-refractivity contribution in [2.45, 2.75) is 12.5 Å². The second-order valence-electron chi connectivity index (χ2n) is 4.49. The van der Waals surface area contributed by atoms with Crippen LogP contribution in [0.5, 0.6) is 0 Å². The number of H-pyrrole nitrogens is 1. The number of nitrogens with two attached hydrogens (primary N) is 1. The van der Waals surface area contributed by atoms with Crippen molar-refractivity contribution in [3.63, 3.8) is 0 Å². The SMILES string of the molecule is NC(Cc1ccccc1)c1ncc(-c2ccsc2)[nH]1. The van der Waals surface area contributed by atoms with E-state index < -0.39 is 0 Å². The van der Waals surface area contributed by atoms with Crippen molar-refractivity contribution in [3.05, 3.63) is 64.7 Å². The third kappa shape index (κ3) is 2.75. The van der Waals surface area contributed by atoms with Crippen LogP contribution in [0.4, 0.5) is 0 Å². The fourth-order valence-electron chi connectivity index (χ4n) is 2.05. The maximum Gasteiger partial charge on any atom is 0.123 e. The lowest BCUT2D eigenvalue weighted by molar-refractivity contribution is 0.678. The zero-order valence-electron chi connectivity index (χ0n) is 10.4. The van der Waals surface area contributed by atoms with E-state index >= 15 is 0 Å². The first-order valence-corrected chi connectivity index (χ1v) is 7.14. The molecule has 0 bridgehead atoms. The van der Waals surface area contributed by atoms with E-state index in [4.69, 9.17) is 5.73 Å².